The number of carbonyl (C=O) groups is 5. The maximum Gasteiger partial charge on any atom is 0.307 e. The number of fused-ring (bicyclic) bond motifs is 2. The van der Waals surface area contributed by atoms with E-state index in [9.17, 15) is 29.1 Å². The number of hydrogen-bond acceptors (Lipinski definition) is 7. The fourth-order valence-corrected chi connectivity index (χ4v) is 4.74. The van der Waals surface area contributed by atoms with E-state index in [1.807, 2.05) is 6.92 Å². The molecule has 2 heterocycles. The molecule has 0 unspecified atom stereocenters. The summed E-state index contributed by atoms with van der Waals surface area (Å²) >= 11 is 0. The molecule has 2 atom stereocenters. The standard InChI is InChI=1S/C25H24N2O7/c1-4-5-14-21(30)34-25(18-11-7-9-13-20(18)27(16(3)29)23(25)32)24(33)17-10-6-8-12-19(17)26(15(2)28)22(24)31/h6-13,33H,4-5,14H2,1-3H3/t24-,25-/m0/s1. The van der Waals surface area contributed by atoms with E-state index in [0.717, 1.165) is 23.6 Å². The highest BCUT2D eigenvalue weighted by Crippen LogP contribution is 2.57. The van der Waals surface area contributed by atoms with Crippen LogP contribution in [0.15, 0.2) is 48.5 Å². The highest BCUT2D eigenvalue weighted by atomic mass is 16.6. The van der Waals surface area contributed by atoms with Crippen molar-refractivity contribution in [2.24, 2.45) is 0 Å². The number of ether oxygens (including phenoxy) is 1. The molecule has 0 saturated carbocycles. The topological polar surface area (TPSA) is 121 Å². The van der Waals surface area contributed by atoms with Gasteiger partial charge >= 0.3 is 5.97 Å². The molecule has 2 aliphatic heterocycles. The number of esters is 1. The van der Waals surface area contributed by atoms with E-state index in [-0.39, 0.29) is 28.9 Å². The maximum absolute atomic E-state index is 14.0. The first kappa shape index (κ1) is 23.3. The van der Waals surface area contributed by atoms with Crippen molar-refractivity contribution in [3.05, 3.63) is 59.7 Å². The summed E-state index contributed by atoms with van der Waals surface area (Å²) in [6.07, 6.45) is 1.04. The summed E-state index contributed by atoms with van der Waals surface area (Å²) in [6, 6.07) is 12.0. The molecule has 0 aromatic heterocycles. The van der Waals surface area contributed by atoms with Gasteiger partial charge in [-0.2, -0.15) is 0 Å². The molecule has 9 heteroatoms. The molecule has 4 rings (SSSR count). The van der Waals surface area contributed by atoms with Crippen molar-refractivity contribution in [1.82, 2.24) is 0 Å². The largest absolute Gasteiger partial charge is 0.440 e. The van der Waals surface area contributed by atoms with Gasteiger partial charge in [-0.3, -0.25) is 24.0 Å². The second-order valence-corrected chi connectivity index (χ2v) is 8.32. The van der Waals surface area contributed by atoms with Crippen LogP contribution in [0.2, 0.25) is 0 Å². The van der Waals surface area contributed by atoms with Gasteiger partial charge in [-0.15, -0.1) is 0 Å². The quantitative estimate of drug-likeness (QED) is 0.674. The fourth-order valence-electron chi connectivity index (χ4n) is 4.74. The van der Waals surface area contributed by atoms with Gasteiger partial charge in [0.05, 0.1) is 11.4 Å². The molecule has 0 saturated heterocycles. The Morgan fingerprint density at radius 1 is 0.853 bits per heavy atom. The van der Waals surface area contributed by atoms with Gasteiger partial charge in [0, 0.05) is 31.4 Å². The minimum atomic E-state index is -2.80. The van der Waals surface area contributed by atoms with Gasteiger partial charge in [0.25, 0.3) is 17.4 Å². The molecule has 2 aromatic carbocycles. The Morgan fingerprint density at radius 3 is 1.91 bits per heavy atom. The van der Waals surface area contributed by atoms with E-state index in [2.05, 4.69) is 0 Å². The normalized spacial score (nSPS) is 23.1. The van der Waals surface area contributed by atoms with E-state index >= 15 is 0 Å². The van der Waals surface area contributed by atoms with Crippen LogP contribution in [0.4, 0.5) is 11.4 Å². The summed E-state index contributed by atoms with van der Waals surface area (Å²) in [5.41, 5.74) is -5.35. The molecule has 1 N–H and O–H groups in total. The Morgan fingerprint density at radius 2 is 1.35 bits per heavy atom. The zero-order valence-corrected chi connectivity index (χ0v) is 19.0. The SMILES string of the molecule is CCCCC(=O)O[C@]1([C@@]2(O)C(=O)N(C(C)=O)c3ccccc32)C(=O)N(C(C)=O)c2ccccc21. The first-order chi connectivity index (χ1) is 16.1. The fraction of sp³-hybridized carbons (Fsp3) is 0.320. The Bertz CT molecular complexity index is 1240. The van der Waals surface area contributed by atoms with Gasteiger partial charge in [-0.1, -0.05) is 49.7 Å². The third-order valence-electron chi connectivity index (χ3n) is 6.22. The maximum atomic E-state index is 14.0. The highest BCUT2D eigenvalue weighted by Gasteiger charge is 2.74. The average molecular weight is 464 g/mol. The van der Waals surface area contributed by atoms with Crippen LogP contribution < -0.4 is 9.80 Å². The summed E-state index contributed by atoms with van der Waals surface area (Å²) in [4.78, 5) is 67.2. The van der Waals surface area contributed by atoms with Crippen molar-refractivity contribution in [3.8, 4) is 0 Å². The number of benzene rings is 2. The monoisotopic (exact) mass is 464 g/mol. The van der Waals surface area contributed by atoms with Crippen LogP contribution in [0, 0.1) is 0 Å². The number of nitrogens with zero attached hydrogens (tertiary/aromatic N) is 2. The van der Waals surface area contributed by atoms with Gasteiger partial charge in [-0.05, 0) is 18.6 Å². The lowest BCUT2D eigenvalue weighted by atomic mass is 9.74. The van der Waals surface area contributed by atoms with E-state index in [0.29, 0.717) is 12.8 Å². The second kappa shape index (κ2) is 8.18. The first-order valence-electron chi connectivity index (χ1n) is 11.0. The number of aliphatic hydroxyl groups is 1. The summed E-state index contributed by atoms with van der Waals surface area (Å²) in [7, 11) is 0. The van der Waals surface area contributed by atoms with Crippen LogP contribution in [-0.4, -0.2) is 34.7 Å². The van der Waals surface area contributed by atoms with Crippen molar-refractivity contribution < 1.29 is 33.8 Å². The number of rotatable bonds is 5. The molecule has 0 spiro atoms. The lowest BCUT2D eigenvalue weighted by molar-refractivity contribution is -0.204. The van der Waals surface area contributed by atoms with Gasteiger partial charge in [-0.25, -0.2) is 9.80 Å². The number of hydrogen-bond donors (Lipinski definition) is 1. The predicted octanol–water partition coefficient (Wildman–Crippen LogP) is 2.29. The molecule has 0 fully saturated rings. The number of para-hydroxylation sites is 2. The van der Waals surface area contributed by atoms with Crippen LogP contribution >= 0.6 is 0 Å². The van der Waals surface area contributed by atoms with Crippen LogP contribution in [0.3, 0.4) is 0 Å². The molecule has 4 amide bonds. The number of imide groups is 2. The molecular formula is C25H24N2O7. The van der Waals surface area contributed by atoms with Crippen LogP contribution in [0.5, 0.6) is 0 Å². The summed E-state index contributed by atoms with van der Waals surface area (Å²) in [5.74, 6) is -4.42. The highest BCUT2D eigenvalue weighted by molar-refractivity contribution is 6.28. The lowest BCUT2D eigenvalue weighted by Gasteiger charge is -2.39. The second-order valence-electron chi connectivity index (χ2n) is 8.32. The number of anilines is 2. The zero-order valence-electron chi connectivity index (χ0n) is 19.0. The third-order valence-corrected chi connectivity index (χ3v) is 6.22. The molecule has 0 bridgehead atoms. The Kier molecular flexibility index (Phi) is 5.61. The van der Waals surface area contributed by atoms with Crippen molar-refractivity contribution in [2.75, 3.05) is 9.80 Å². The molecule has 2 aromatic rings. The van der Waals surface area contributed by atoms with E-state index < -0.39 is 40.8 Å². The van der Waals surface area contributed by atoms with Gasteiger partial charge in [0.2, 0.25) is 17.4 Å². The average Bonchev–Trinajstić information content (AvgIpc) is 3.19. The number of carbonyl (C=O) groups excluding carboxylic acids is 5. The van der Waals surface area contributed by atoms with Crippen molar-refractivity contribution in [3.63, 3.8) is 0 Å². The minimum Gasteiger partial charge on any atom is -0.440 e. The molecule has 0 aliphatic carbocycles. The lowest BCUT2D eigenvalue weighted by Crippen LogP contribution is -2.62. The zero-order chi connectivity index (χ0) is 24.8. The van der Waals surface area contributed by atoms with Crippen LogP contribution in [0.25, 0.3) is 0 Å². The van der Waals surface area contributed by atoms with Crippen LogP contribution in [0.1, 0.15) is 51.2 Å². The van der Waals surface area contributed by atoms with E-state index in [1.165, 1.54) is 30.3 Å². The summed E-state index contributed by atoms with van der Waals surface area (Å²) < 4.78 is 5.77. The smallest absolute Gasteiger partial charge is 0.307 e. The summed E-state index contributed by atoms with van der Waals surface area (Å²) in [5, 5.41) is 12.2. The van der Waals surface area contributed by atoms with E-state index in [1.54, 1.807) is 18.2 Å². The molecular weight excluding hydrogens is 440 g/mol. The Labute approximate surface area is 195 Å². The first-order valence-corrected chi connectivity index (χ1v) is 11.0. The number of unbranched alkanes of at least 4 members (excludes halogenated alkanes) is 1. The Hall–Kier alpha value is -3.85. The van der Waals surface area contributed by atoms with Crippen molar-refractivity contribution >= 4 is 41.0 Å². The van der Waals surface area contributed by atoms with Crippen molar-refractivity contribution in [2.45, 2.75) is 51.2 Å². The minimum absolute atomic E-state index is 0.0175. The predicted molar refractivity (Wildman–Crippen MR) is 120 cm³/mol. The van der Waals surface area contributed by atoms with Gasteiger partial charge in [0.1, 0.15) is 0 Å². The summed E-state index contributed by atoms with van der Waals surface area (Å²) in [6.45, 7) is 4.16. The molecule has 2 aliphatic rings. The molecule has 176 valence electrons. The number of amides is 4. The third kappa shape index (κ3) is 2.93. The Balaban J connectivity index is 2.06. The van der Waals surface area contributed by atoms with Crippen molar-refractivity contribution in [1.29, 1.82) is 0 Å². The molecule has 9 nitrogen and oxygen atoms in total. The van der Waals surface area contributed by atoms with Gasteiger partial charge < -0.3 is 9.84 Å². The van der Waals surface area contributed by atoms with Gasteiger partial charge in [0.15, 0.2) is 0 Å². The van der Waals surface area contributed by atoms with Crippen LogP contribution in [-0.2, 0) is 39.9 Å². The molecule has 0 radical (unpaired) electrons. The van der Waals surface area contributed by atoms with E-state index in [4.69, 9.17) is 4.74 Å². The molecule has 34 heavy (non-hydrogen) atoms.